The third-order valence-electron chi connectivity index (χ3n) is 3.75. The highest BCUT2D eigenvalue weighted by Crippen LogP contribution is 2.31. The van der Waals surface area contributed by atoms with Crippen molar-refractivity contribution in [2.24, 2.45) is 0 Å². The minimum Gasteiger partial charge on any atom is -0.319 e. The van der Waals surface area contributed by atoms with Gasteiger partial charge in [-0.3, -0.25) is 0 Å². The first-order chi connectivity index (χ1) is 10.3. The van der Waals surface area contributed by atoms with Crippen LogP contribution in [0, 0.1) is 0 Å². The first-order valence-corrected chi connectivity index (χ1v) is 7.93. The van der Waals surface area contributed by atoms with Crippen molar-refractivity contribution in [1.29, 1.82) is 0 Å². The van der Waals surface area contributed by atoms with Gasteiger partial charge in [0.15, 0.2) is 0 Å². The molecular formula is C17H16Cl2N2. The Morgan fingerprint density at radius 3 is 2.52 bits per heavy atom. The molecule has 0 saturated heterocycles. The highest BCUT2D eigenvalue weighted by molar-refractivity contribution is 6.35. The number of benzene rings is 2. The molecule has 0 aliphatic rings. The summed E-state index contributed by atoms with van der Waals surface area (Å²) < 4.78 is 2.21. The Balaban J connectivity index is 2.25. The minimum atomic E-state index is 0.211. The van der Waals surface area contributed by atoms with E-state index in [2.05, 4.69) is 46.8 Å². The van der Waals surface area contributed by atoms with E-state index >= 15 is 0 Å². The van der Waals surface area contributed by atoms with E-state index in [1.165, 1.54) is 5.56 Å². The van der Waals surface area contributed by atoms with E-state index < -0.39 is 0 Å². The van der Waals surface area contributed by atoms with Crippen molar-refractivity contribution in [3.05, 3.63) is 64.9 Å². The quantitative estimate of drug-likeness (QED) is 0.586. The van der Waals surface area contributed by atoms with Gasteiger partial charge in [0.25, 0.3) is 0 Å². The molecule has 4 heteroatoms. The van der Waals surface area contributed by atoms with Crippen molar-refractivity contribution in [2.75, 3.05) is 0 Å². The maximum Gasteiger partial charge on any atom is 0.125 e. The summed E-state index contributed by atoms with van der Waals surface area (Å²) in [5.41, 5.74) is 3.11. The predicted molar refractivity (Wildman–Crippen MR) is 89.2 cm³/mol. The largest absolute Gasteiger partial charge is 0.319 e. The molecule has 108 valence electrons. The first kappa shape index (κ1) is 14.4. The van der Waals surface area contributed by atoms with Crippen molar-refractivity contribution in [2.45, 2.75) is 25.3 Å². The smallest absolute Gasteiger partial charge is 0.125 e. The summed E-state index contributed by atoms with van der Waals surface area (Å²) in [5.74, 6) is 1.23. The van der Waals surface area contributed by atoms with Crippen molar-refractivity contribution in [3.63, 3.8) is 0 Å². The van der Waals surface area contributed by atoms with E-state index in [-0.39, 0.29) is 6.04 Å². The summed E-state index contributed by atoms with van der Waals surface area (Å²) in [6.45, 7) is 2.17. The number of rotatable bonds is 4. The molecule has 0 N–H and O–H groups in total. The Bertz CT molecular complexity index is 750. The molecule has 3 aromatic rings. The number of aromatic nitrogens is 2. The van der Waals surface area contributed by atoms with Crippen molar-refractivity contribution >= 4 is 34.2 Å². The van der Waals surface area contributed by atoms with Gasteiger partial charge in [0.05, 0.1) is 22.5 Å². The second-order valence-corrected chi connectivity index (χ2v) is 5.65. The van der Waals surface area contributed by atoms with Gasteiger partial charge in [-0.25, -0.2) is 4.98 Å². The molecule has 1 atom stereocenters. The number of imidazole rings is 1. The topological polar surface area (TPSA) is 17.8 Å². The summed E-state index contributed by atoms with van der Waals surface area (Å²) in [5, 5.41) is 0.667. The molecule has 1 aromatic heterocycles. The number of hydrogen-bond acceptors (Lipinski definition) is 1. The number of fused-ring (bicyclic) bond motifs is 1. The van der Waals surface area contributed by atoms with E-state index in [0.717, 1.165) is 23.3 Å². The van der Waals surface area contributed by atoms with Gasteiger partial charge in [0.1, 0.15) is 11.3 Å². The van der Waals surface area contributed by atoms with Crippen molar-refractivity contribution < 1.29 is 0 Å². The zero-order chi connectivity index (χ0) is 14.8. The Kier molecular flexibility index (Phi) is 4.18. The van der Waals surface area contributed by atoms with Crippen LogP contribution in [0.15, 0.2) is 48.5 Å². The molecule has 0 bridgehead atoms. The Hall–Kier alpha value is -1.51. The summed E-state index contributed by atoms with van der Waals surface area (Å²) in [7, 11) is 0. The Morgan fingerprint density at radius 2 is 1.86 bits per heavy atom. The maximum absolute atomic E-state index is 6.27. The van der Waals surface area contributed by atoms with E-state index in [4.69, 9.17) is 23.2 Å². The predicted octanol–water partition coefficient (Wildman–Crippen LogP) is 5.43. The van der Waals surface area contributed by atoms with Gasteiger partial charge < -0.3 is 4.57 Å². The zero-order valence-corrected chi connectivity index (χ0v) is 13.3. The molecule has 21 heavy (non-hydrogen) atoms. The van der Waals surface area contributed by atoms with Gasteiger partial charge in [0.2, 0.25) is 0 Å². The first-order valence-electron chi connectivity index (χ1n) is 7.02. The van der Waals surface area contributed by atoms with Crippen molar-refractivity contribution in [1.82, 2.24) is 9.55 Å². The molecule has 2 nitrogen and oxygen atoms in total. The van der Waals surface area contributed by atoms with E-state index in [1.807, 2.05) is 18.2 Å². The Morgan fingerprint density at radius 1 is 1.10 bits per heavy atom. The van der Waals surface area contributed by atoms with Crippen LogP contribution in [0.4, 0.5) is 0 Å². The van der Waals surface area contributed by atoms with Gasteiger partial charge in [-0.05, 0) is 24.1 Å². The summed E-state index contributed by atoms with van der Waals surface area (Å²) in [6.07, 6.45) is 0.964. The number of hydrogen-bond donors (Lipinski definition) is 0. The molecule has 0 radical (unpaired) electrons. The van der Waals surface area contributed by atoms with Crippen molar-refractivity contribution in [3.8, 4) is 0 Å². The molecule has 0 spiro atoms. The van der Waals surface area contributed by atoms with Gasteiger partial charge >= 0.3 is 0 Å². The average Bonchev–Trinajstić information content (AvgIpc) is 2.90. The molecule has 3 rings (SSSR count). The normalized spacial score (nSPS) is 12.7. The number of para-hydroxylation sites is 1. The molecule has 1 heterocycles. The number of nitrogens with zero attached hydrogens (tertiary/aromatic N) is 2. The fourth-order valence-electron chi connectivity index (χ4n) is 2.82. The van der Waals surface area contributed by atoms with E-state index in [9.17, 15) is 0 Å². The lowest BCUT2D eigenvalue weighted by Gasteiger charge is -2.20. The third-order valence-corrected chi connectivity index (χ3v) is 4.29. The molecule has 1 unspecified atom stereocenters. The summed E-state index contributed by atoms with van der Waals surface area (Å²) >= 11 is 12.4. The molecule has 0 amide bonds. The molecular weight excluding hydrogens is 303 g/mol. The molecule has 0 aliphatic heterocycles. The lowest BCUT2D eigenvalue weighted by molar-refractivity contribution is 0.565. The molecule has 0 aliphatic carbocycles. The fourth-order valence-corrected chi connectivity index (χ4v) is 3.22. The van der Waals surface area contributed by atoms with Gasteiger partial charge in [0, 0.05) is 0 Å². The second-order valence-electron chi connectivity index (χ2n) is 4.97. The van der Waals surface area contributed by atoms with Crippen LogP contribution in [0.5, 0.6) is 0 Å². The van der Waals surface area contributed by atoms with Crippen LogP contribution in [0.3, 0.4) is 0 Å². The van der Waals surface area contributed by atoms with Crippen LogP contribution in [-0.4, -0.2) is 9.55 Å². The van der Waals surface area contributed by atoms with Crippen LogP contribution in [0.2, 0.25) is 5.02 Å². The summed E-state index contributed by atoms with van der Waals surface area (Å²) in [4.78, 5) is 4.62. The highest BCUT2D eigenvalue weighted by atomic mass is 35.5. The van der Waals surface area contributed by atoms with Gasteiger partial charge in [-0.15, -0.1) is 11.6 Å². The number of alkyl halides is 1. The zero-order valence-electron chi connectivity index (χ0n) is 11.8. The van der Waals surface area contributed by atoms with Gasteiger partial charge in [-0.1, -0.05) is 54.9 Å². The standard InChI is InChI=1S/C17H16Cl2N2/c1-2-14(12-7-4-3-5-8-12)21-15-10-6-9-13(19)17(15)20-16(21)11-18/h3-10,14H,2,11H2,1H3. The SMILES string of the molecule is CCC(c1ccccc1)n1c(CCl)nc2c(Cl)cccc21. The highest BCUT2D eigenvalue weighted by Gasteiger charge is 2.19. The van der Waals surface area contributed by atoms with Crippen LogP contribution in [0.1, 0.15) is 30.8 Å². The van der Waals surface area contributed by atoms with Crippen LogP contribution in [-0.2, 0) is 5.88 Å². The molecule has 2 aromatic carbocycles. The minimum absolute atomic E-state index is 0.211. The molecule has 0 saturated carbocycles. The maximum atomic E-state index is 6.27. The van der Waals surface area contributed by atoms with Crippen LogP contribution >= 0.6 is 23.2 Å². The third kappa shape index (κ3) is 2.54. The lowest BCUT2D eigenvalue weighted by Crippen LogP contribution is -2.12. The lowest BCUT2D eigenvalue weighted by atomic mass is 10.0. The molecule has 0 fully saturated rings. The fraction of sp³-hybridized carbons (Fsp3) is 0.235. The van der Waals surface area contributed by atoms with Crippen LogP contribution < -0.4 is 0 Å². The number of halogens is 2. The average molecular weight is 319 g/mol. The van der Waals surface area contributed by atoms with E-state index in [0.29, 0.717) is 10.9 Å². The summed E-state index contributed by atoms with van der Waals surface area (Å²) in [6, 6.07) is 16.5. The second kappa shape index (κ2) is 6.08. The van der Waals surface area contributed by atoms with Gasteiger partial charge in [-0.2, -0.15) is 0 Å². The van der Waals surface area contributed by atoms with Crippen LogP contribution in [0.25, 0.3) is 11.0 Å². The monoisotopic (exact) mass is 318 g/mol. The Labute approximate surface area is 134 Å². The van der Waals surface area contributed by atoms with E-state index in [1.54, 1.807) is 0 Å².